The van der Waals surface area contributed by atoms with Crippen molar-refractivity contribution in [2.75, 3.05) is 5.73 Å². The first-order valence-corrected chi connectivity index (χ1v) is 6.78. The molecule has 120 valence electrons. The largest absolute Gasteiger partial charge is 0.419 e. The van der Waals surface area contributed by atoms with Crippen LogP contribution < -0.4 is 5.73 Å². The molecular weight excluding hydrogens is 411 g/mol. The highest BCUT2D eigenvalue weighted by molar-refractivity contribution is 9.10. The van der Waals surface area contributed by atoms with Gasteiger partial charge in [0, 0.05) is 5.69 Å². The van der Waals surface area contributed by atoms with Gasteiger partial charge in [-0.15, -0.1) is 11.6 Å². The van der Waals surface area contributed by atoms with E-state index in [1.54, 1.807) is 0 Å². The molecule has 2 atom stereocenters. The van der Waals surface area contributed by atoms with E-state index in [1.807, 2.05) is 15.9 Å². The van der Waals surface area contributed by atoms with E-state index < -0.39 is 26.6 Å². The smallest absolute Gasteiger partial charge is 0.399 e. The number of rotatable bonds is 2. The van der Waals surface area contributed by atoms with Crippen LogP contribution >= 0.6 is 39.1 Å². The van der Waals surface area contributed by atoms with Crippen LogP contribution in [0.2, 0.25) is 0 Å². The molecule has 0 bridgehead atoms. The molecule has 0 amide bonds. The summed E-state index contributed by atoms with van der Waals surface area (Å²) in [4.78, 5) is -3.93. The number of anilines is 1. The van der Waals surface area contributed by atoms with Gasteiger partial charge in [-0.25, -0.2) is 0 Å². The summed E-state index contributed by atoms with van der Waals surface area (Å²) in [6, 6.07) is 2.61. The van der Waals surface area contributed by atoms with Crippen molar-refractivity contribution in [2.45, 2.75) is 27.9 Å². The van der Waals surface area contributed by atoms with Crippen LogP contribution in [0.5, 0.6) is 0 Å². The van der Waals surface area contributed by atoms with Crippen molar-refractivity contribution in [3.05, 3.63) is 29.3 Å². The van der Waals surface area contributed by atoms with Gasteiger partial charge < -0.3 is 5.73 Å². The Labute approximate surface area is 134 Å². The minimum absolute atomic E-state index is 0.113. The van der Waals surface area contributed by atoms with Crippen molar-refractivity contribution < 1.29 is 26.3 Å². The SMILES string of the molecule is Cc1cc(C(Cl)(C(F)(F)F)C(Cl)(Br)C(F)(F)F)ccc1N. The molecule has 0 heterocycles. The number of hydrogen-bond donors (Lipinski definition) is 1. The summed E-state index contributed by atoms with van der Waals surface area (Å²) >= 11 is 12.4. The first-order chi connectivity index (χ1) is 9.16. The minimum atomic E-state index is -5.49. The van der Waals surface area contributed by atoms with Crippen LogP contribution in [0.1, 0.15) is 11.1 Å². The molecule has 0 aromatic heterocycles. The maximum absolute atomic E-state index is 13.3. The molecule has 1 rings (SSSR count). The van der Waals surface area contributed by atoms with Crippen molar-refractivity contribution in [3.8, 4) is 0 Å². The fraction of sp³-hybridized carbons (Fsp3) is 0.455. The van der Waals surface area contributed by atoms with E-state index in [0.717, 1.165) is 18.2 Å². The number of nitrogens with two attached hydrogens (primary N) is 1. The van der Waals surface area contributed by atoms with Crippen molar-refractivity contribution in [1.29, 1.82) is 0 Å². The topological polar surface area (TPSA) is 26.0 Å². The predicted octanol–water partition coefficient (Wildman–Crippen LogP) is 5.47. The second kappa shape index (κ2) is 5.38. The van der Waals surface area contributed by atoms with E-state index >= 15 is 0 Å². The van der Waals surface area contributed by atoms with E-state index in [0.29, 0.717) is 0 Å². The lowest BCUT2D eigenvalue weighted by molar-refractivity contribution is -0.213. The maximum atomic E-state index is 13.3. The van der Waals surface area contributed by atoms with Crippen molar-refractivity contribution in [3.63, 3.8) is 0 Å². The molecule has 1 aromatic carbocycles. The van der Waals surface area contributed by atoms with Crippen molar-refractivity contribution in [1.82, 2.24) is 0 Å². The second-order valence-corrected chi connectivity index (χ2v) is 7.08. The van der Waals surface area contributed by atoms with E-state index in [9.17, 15) is 26.3 Å². The molecule has 0 aliphatic heterocycles. The molecule has 1 aromatic rings. The van der Waals surface area contributed by atoms with Gasteiger partial charge in [-0.2, -0.15) is 26.3 Å². The lowest BCUT2D eigenvalue weighted by atomic mass is 9.91. The zero-order valence-electron chi connectivity index (χ0n) is 10.2. The monoisotopic (exact) mass is 417 g/mol. The van der Waals surface area contributed by atoms with Gasteiger partial charge in [0.25, 0.3) is 0 Å². The summed E-state index contributed by atoms with van der Waals surface area (Å²) in [6.07, 6.45) is -11.0. The van der Waals surface area contributed by atoms with Gasteiger partial charge in [-0.1, -0.05) is 39.7 Å². The highest BCUT2D eigenvalue weighted by atomic mass is 79.9. The first-order valence-electron chi connectivity index (χ1n) is 5.23. The molecule has 2 unspecified atom stereocenters. The van der Waals surface area contributed by atoms with Gasteiger partial charge in [0.05, 0.1) is 0 Å². The Morgan fingerprint density at radius 1 is 1.00 bits per heavy atom. The zero-order valence-corrected chi connectivity index (χ0v) is 13.3. The third kappa shape index (κ3) is 2.94. The zero-order chi connectivity index (χ0) is 16.9. The van der Waals surface area contributed by atoms with Gasteiger partial charge >= 0.3 is 12.4 Å². The molecule has 0 saturated heterocycles. The Morgan fingerprint density at radius 3 is 1.81 bits per heavy atom. The standard InChI is InChI=1S/C11H8BrCl2F6N/c1-5-4-6(2-3-7(5)21)8(13,10(15,16)17)9(12,14)11(18,19)20/h2-4H,21H2,1H3. The third-order valence-corrected chi connectivity index (χ3v) is 5.43. The van der Waals surface area contributed by atoms with E-state index in [4.69, 9.17) is 28.9 Å². The molecular formula is C11H8BrCl2F6N. The normalized spacial score (nSPS) is 19.0. The number of hydrogen-bond acceptors (Lipinski definition) is 1. The van der Waals surface area contributed by atoms with E-state index in [1.165, 1.54) is 6.92 Å². The second-order valence-electron chi connectivity index (χ2n) is 4.30. The van der Waals surface area contributed by atoms with E-state index in [2.05, 4.69) is 0 Å². The maximum Gasteiger partial charge on any atom is 0.419 e. The minimum Gasteiger partial charge on any atom is -0.399 e. The average molecular weight is 419 g/mol. The van der Waals surface area contributed by atoms with Gasteiger partial charge in [0.1, 0.15) is 0 Å². The van der Waals surface area contributed by atoms with E-state index in [-0.39, 0.29) is 11.3 Å². The Hall–Kier alpha value is -0.340. The molecule has 1 nitrogen and oxygen atoms in total. The Balaban J connectivity index is 3.67. The van der Waals surface area contributed by atoms with Crippen LogP contribution in [0, 0.1) is 6.92 Å². The van der Waals surface area contributed by atoms with Crippen LogP contribution in [-0.4, -0.2) is 16.1 Å². The molecule has 0 saturated carbocycles. The van der Waals surface area contributed by atoms with Gasteiger partial charge in [0.2, 0.25) is 8.66 Å². The lowest BCUT2D eigenvalue weighted by Crippen LogP contribution is -2.57. The molecule has 0 aliphatic rings. The highest BCUT2D eigenvalue weighted by Crippen LogP contribution is 2.63. The number of alkyl halides is 9. The predicted molar refractivity (Wildman–Crippen MR) is 72.7 cm³/mol. The average Bonchev–Trinajstić information content (AvgIpc) is 2.28. The highest BCUT2D eigenvalue weighted by Gasteiger charge is 2.75. The van der Waals surface area contributed by atoms with Gasteiger partial charge in [-0.05, 0) is 24.1 Å². The van der Waals surface area contributed by atoms with Crippen LogP contribution in [0.3, 0.4) is 0 Å². The van der Waals surface area contributed by atoms with Crippen molar-refractivity contribution >= 4 is 44.8 Å². The van der Waals surface area contributed by atoms with Crippen LogP contribution in [0.15, 0.2) is 18.2 Å². The molecule has 10 heteroatoms. The van der Waals surface area contributed by atoms with Crippen molar-refractivity contribution in [2.24, 2.45) is 0 Å². The summed E-state index contributed by atoms with van der Waals surface area (Å²) < 4.78 is 74.7. The molecule has 21 heavy (non-hydrogen) atoms. The molecule has 2 N–H and O–H groups in total. The quantitative estimate of drug-likeness (QED) is 0.385. The molecule has 0 fully saturated rings. The number of halogens is 9. The number of nitrogen functional groups attached to an aromatic ring is 1. The summed E-state index contributed by atoms with van der Waals surface area (Å²) in [5, 5.41) is 0. The van der Waals surface area contributed by atoms with Crippen LogP contribution in [0.25, 0.3) is 0 Å². The summed E-state index contributed by atoms with van der Waals surface area (Å²) in [6.45, 7) is 1.34. The Bertz CT molecular complexity index is 542. The first kappa shape index (κ1) is 18.7. The number of benzene rings is 1. The third-order valence-electron chi connectivity index (χ3n) is 2.85. The van der Waals surface area contributed by atoms with Crippen LogP contribution in [0.4, 0.5) is 32.0 Å². The molecule has 0 spiro atoms. The number of aryl methyl sites for hydroxylation is 1. The van der Waals surface area contributed by atoms with Gasteiger partial charge in [0.15, 0.2) is 0 Å². The summed E-state index contributed by atoms with van der Waals surface area (Å²) in [5.41, 5.74) is 4.83. The fourth-order valence-corrected chi connectivity index (χ4v) is 2.50. The summed E-state index contributed by atoms with van der Waals surface area (Å²) in [7, 11) is 0. The lowest BCUT2D eigenvalue weighted by Gasteiger charge is -2.41. The molecule has 0 radical (unpaired) electrons. The Kier molecular flexibility index (Phi) is 4.80. The summed E-state index contributed by atoms with van der Waals surface area (Å²) in [5.74, 6) is 0. The van der Waals surface area contributed by atoms with Gasteiger partial charge in [-0.3, -0.25) is 0 Å². The van der Waals surface area contributed by atoms with Crippen LogP contribution in [-0.2, 0) is 4.87 Å². The fourth-order valence-electron chi connectivity index (χ4n) is 1.61. The molecule has 0 aliphatic carbocycles. The Morgan fingerprint density at radius 2 is 1.48 bits per heavy atom.